The average Bonchev–Trinajstić information content (AvgIpc) is 2.64. The molecule has 0 spiro atoms. The van der Waals surface area contributed by atoms with Crippen molar-refractivity contribution in [3.8, 4) is 0 Å². The third kappa shape index (κ3) is 1.59. The highest BCUT2D eigenvalue weighted by atomic mass is 16.1. The Hall–Kier alpha value is -2.17. The first-order valence-corrected chi connectivity index (χ1v) is 4.41. The summed E-state index contributed by atoms with van der Waals surface area (Å²) < 4.78 is 1.65. The summed E-state index contributed by atoms with van der Waals surface area (Å²) >= 11 is 0. The third-order valence-electron chi connectivity index (χ3n) is 2.13. The number of carbonyl (C=O) groups is 1. The van der Waals surface area contributed by atoms with Gasteiger partial charge in [0, 0.05) is 13.2 Å². The molecule has 0 radical (unpaired) electrons. The molecular formula is C10H10N4O. The monoisotopic (exact) mass is 202 g/mol. The van der Waals surface area contributed by atoms with Crippen molar-refractivity contribution in [2.75, 3.05) is 5.73 Å². The van der Waals surface area contributed by atoms with Gasteiger partial charge in [-0.3, -0.25) is 4.79 Å². The van der Waals surface area contributed by atoms with Gasteiger partial charge in [-0.15, -0.1) is 0 Å². The number of aromatic nitrogens is 3. The zero-order chi connectivity index (χ0) is 10.8. The predicted molar refractivity (Wildman–Crippen MR) is 55.3 cm³/mol. The summed E-state index contributed by atoms with van der Waals surface area (Å²) in [7, 11) is 1.76. The molecule has 2 heterocycles. The molecule has 0 aliphatic carbocycles. The normalized spacial score (nSPS) is 10.2. The highest BCUT2D eigenvalue weighted by Gasteiger charge is 2.15. The van der Waals surface area contributed by atoms with Crippen molar-refractivity contribution in [1.29, 1.82) is 0 Å². The SMILES string of the molecule is Cn1cncc1C(=O)c1cccnc1N. The van der Waals surface area contributed by atoms with Crippen LogP contribution in [0.4, 0.5) is 5.82 Å². The van der Waals surface area contributed by atoms with Crippen LogP contribution in [0.25, 0.3) is 0 Å². The number of nitrogens with zero attached hydrogens (tertiary/aromatic N) is 3. The number of aryl methyl sites for hydroxylation is 1. The summed E-state index contributed by atoms with van der Waals surface area (Å²) in [4.78, 5) is 19.7. The van der Waals surface area contributed by atoms with Gasteiger partial charge in [0.2, 0.25) is 5.78 Å². The van der Waals surface area contributed by atoms with Gasteiger partial charge in [0.05, 0.1) is 18.1 Å². The van der Waals surface area contributed by atoms with Crippen LogP contribution < -0.4 is 5.73 Å². The van der Waals surface area contributed by atoms with Crippen LogP contribution in [0.5, 0.6) is 0 Å². The Labute approximate surface area is 86.6 Å². The Morgan fingerprint density at radius 2 is 2.33 bits per heavy atom. The Kier molecular flexibility index (Phi) is 2.21. The van der Waals surface area contributed by atoms with Crippen molar-refractivity contribution in [3.63, 3.8) is 0 Å². The minimum atomic E-state index is -0.166. The summed E-state index contributed by atoms with van der Waals surface area (Å²) in [6, 6.07) is 3.33. The molecule has 0 amide bonds. The highest BCUT2D eigenvalue weighted by molar-refractivity contribution is 6.10. The van der Waals surface area contributed by atoms with E-state index in [1.54, 1.807) is 36.3 Å². The number of nitrogens with two attached hydrogens (primary N) is 1. The Morgan fingerprint density at radius 1 is 1.53 bits per heavy atom. The van der Waals surface area contributed by atoms with Gasteiger partial charge >= 0.3 is 0 Å². The van der Waals surface area contributed by atoms with Gasteiger partial charge in [0.15, 0.2) is 0 Å². The average molecular weight is 202 g/mol. The van der Waals surface area contributed by atoms with Crippen molar-refractivity contribution in [1.82, 2.24) is 14.5 Å². The van der Waals surface area contributed by atoms with Crippen molar-refractivity contribution in [3.05, 3.63) is 42.1 Å². The maximum atomic E-state index is 12.0. The molecule has 0 saturated carbocycles. The number of pyridine rings is 1. The van der Waals surface area contributed by atoms with E-state index in [0.717, 1.165) is 0 Å². The number of anilines is 1. The molecule has 0 unspecified atom stereocenters. The Balaban J connectivity index is 2.46. The fourth-order valence-electron chi connectivity index (χ4n) is 1.32. The summed E-state index contributed by atoms with van der Waals surface area (Å²) in [6.45, 7) is 0. The second-order valence-corrected chi connectivity index (χ2v) is 3.16. The van der Waals surface area contributed by atoms with Crippen LogP contribution in [0, 0.1) is 0 Å². The zero-order valence-electron chi connectivity index (χ0n) is 8.21. The van der Waals surface area contributed by atoms with E-state index < -0.39 is 0 Å². The topological polar surface area (TPSA) is 73.8 Å². The van der Waals surface area contributed by atoms with Gasteiger partial charge in [-0.25, -0.2) is 9.97 Å². The lowest BCUT2D eigenvalue weighted by Crippen LogP contribution is -2.10. The van der Waals surface area contributed by atoms with E-state index in [9.17, 15) is 4.79 Å². The fraction of sp³-hybridized carbons (Fsp3) is 0.100. The van der Waals surface area contributed by atoms with Crippen LogP contribution in [0.3, 0.4) is 0 Å². The van der Waals surface area contributed by atoms with E-state index in [2.05, 4.69) is 9.97 Å². The van der Waals surface area contributed by atoms with Gasteiger partial charge < -0.3 is 10.3 Å². The lowest BCUT2D eigenvalue weighted by Gasteiger charge is -2.03. The van der Waals surface area contributed by atoms with Crippen LogP contribution in [0.1, 0.15) is 16.1 Å². The summed E-state index contributed by atoms with van der Waals surface area (Å²) in [5.41, 5.74) is 6.51. The van der Waals surface area contributed by atoms with E-state index in [4.69, 9.17) is 5.73 Å². The molecule has 0 bridgehead atoms. The largest absolute Gasteiger partial charge is 0.383 e. The standard InChI is InChI=1S/C10H10N4O/c1-14-6-12-5-8(14)9(15)7-3-2-4-13-10(7)11/h2-6H,1H3,(H2,11,13). The second kappa shape index (κ2) is 3.53. The maximum Gasteiger partial charge on any atom is 0.214 e. The van der Waals surface area contributed by atoms with Gasteiger partial charge in [0.1, 0.15) is 11.5 Å². The summed E-state index contributed by atoms with van der Waals surface area (Å²) in [5.74, 6) is 0.0734. The molecule has 5 nitrogen and oxygen atoms in total. The lowest BCUT2D eigenvalue weighted by atomic mass is 10.1. The minimum Gasteiger partial charge on any atom is -0.383 e. The molecule has 15 heavy (non-hydrogen) atoms. The molecule has 2 aromatic heterocycles. The molecule has 2 N–H and O–H groups in total. The third-order valence-corrected chi connectivity index (χ3v) is 2.13. The molecule has 0 saturated heterocycles. The quantitative estimate of drug-likeness (QED) is 0.725. The van der Waals surface area contributed by atoms with E-state index in [1.807, 2.05) is 0 Å². The first-order valence-electron chi connectivity index (χ1n) is 4.41. The van der Waals surface area contributed by atoms with E-state index in [-0.39, 0.29) is 11.6 Å². The maximum absolute atomic E-state index is 12.0. The summed E-state index contributed by atoms with van der Waals surface area (Å²) in [5, 5.41) is 0. The molecule has 0 aromatic carbocycles. The minimum absolute atomic E-state index is 0.166. The fourth-order valence-corrected chi connectivity index (χ4v) is 1.32. The Morgan fingerprint density at radius 3 is 2.93 bits per heavy atom. The molecular weight excluding hydrogens is 192 g/mol. The van der Waals surface area contributed by atoms with Gasteiger partial charge in [-0.2, -0.15) is 0 Å². The second-order valence-electron chi connectivity index (χ2n) is 3.16. The number of hydrogen-bond acceptors (Lipinski definition) is 4. The van der Waals surface area contributed by atoms with E-state index in [0.29, 0.717) is 11.3 Å². The first-order chi connectivity index (χ1) is 7.20. The van der Waals surface area contributed by atoms with Crippen LogP contribution in [-0.2, 0) is 7.05 Å². The first kappa shape index (κ1) is 9.39. The van der Waals surface area contributed by atoms with Crippen molar-refractivity contribution in [2.24, 2.45) is 7.05 Å². The molecule has 0 aliphatic rings. The van der Waals surface area contributed by atoms with Gasteiger partial charge in [-0.05, 0) is 12.1 Å². The molecule has 0 aliphatic heterocycles. The van der Waals surface area contributed by atoms with Crippen molar-refractivity contribution >= 4 is 11.6 Å². The molecule has 2 rings (SSSR count). The molecule has 5 heteroatoms. The smallest absolute Gasteiger partial charge is 0.214 e. The number of imidazole rings is 1. The number of nitrogen functional groups attached to an aromatic ring is 1. The van der Waals surface area contributed by atoms with Crippen molar-refractivity contribution in [2.45, 2.75) is 0 Å². The lowest BCUT2D eigenvalue weighted by molar-refractivity contribution is 0.103. The van der Waals surface area contributed by atoms with E-state index in [1.165, 1.54) is 6.20 Å². The molecule has 0 fully saturated rings. The van der Waals surface area contributed by atoms with Crippen LogP contribution >= 0.6 is 0 Å². The number of ketones is 1. The zero-order valence-corrected chi connectivity index (χ0v) is 8.21. The molecule has 76 valence electrons. The highest BCUT2D eigenvalue weighted by Crippen LogP contribution is 2.12. The number of carbonyl (C=O) groups excluding carboxylic acids is 1. The molecule has 2 aromatic rings. The van der Waals surface area contributed by atoms with Crippen LogP contribution in [0.15, 0.2) is 30.9 Å². The van der Waals surface area contributed by atoms with Gasteiger partial charge in [-0.1, -0.05) is 0 Å². The van der Waals surface area contributed by atoms with E-state index >= 15 is 0 Å². The summed E-state index contributed by atoms with van der Waals surface area (Å²) in [6.07, 6.45) is 4.63. The molecule has 0 atom stereocenters. The van der Waals surface area contributed by atoms with Crippen LogP contribution in [0.2, 0.25) is 0 Å². The Bertz CT molecular complexity index is 504. The van der Waals surface area contributed by atoms with Crippen molar-refractivity contribution < 1.29 is 4.79 Å². The van der Waals surface area contributed by atoms with Gasteiger partial charge in [0.25, 0.3) is 0 Å². The number of hydrogen-bond donors (Lipinski definition) is 1. The number of rotatable bonds is 2. The van der Waals surface area contributed by atoms with Crippen LogP contribution in [-0.4, -0.2) is 20.3 Å². The predicted octanol–water partition coefficient (Wildman–Crippen LogP) is 0.628.